The van der Waals surface area contributed by atoms with Crippen LogP contribution in [0, 0.1) is 0 Å². The third kappa shape index (κ3) is 3.86. The lowest BCUT2D eigenvalue weighted by Gasteiger charge is -2.19. The number of allylic oxidation sites excluding steroid dienone is 4. The largest absolute Gasteiger partial charge is 0.293 e. The van der Waals surface area contributed by atoms with Crippen molar-refractivity contribution in [1.82, 2.24) is 4.31 Å². The summed E-state index contributed by atoms with van der Waals surface area (Å²) < 4.78 is 26.9. The normalized spacial score (nSPS) is 17.1. The fraction of sp³-hybridized carbons (Fsp3) is 0.278. The van der Waals surface area contributed by atoms with Crippen molar-refractivity contribution < 1.29 is 13.2 Å². The van der Waals surface area contributed by atoms with Gasteiger partial charge in [-0.1, -0.05) is 48.6 Å². The number of hydrogen-bond acceptors (Lipinski definition) is 3. The molecule has 0 spiro atoms. The molecular formula is C18H21NO3S. The maximum absolute atomic E-state index is 12.8. The second-order valence-electron chi connectivity index (χ2n) is 5.54. The highest BCUT2D eigenvalue weighted by atomic mass is 32.2. The van der Waals surface area contributed by atoms with E-state index in [0.29, 0.717) is 18.5 Å². The van der Waals surface area contributed by atoms with Gasteiger partial charge in [0, 0.05) is 12.1 Å². The molecule has 0 amide bonds. The summed E-state index contributed by atoms with van der Waals surface area (Å²) in [6.07, 6.45) is 5.25. The molecule has 0 aliphatic carbocycles. The SMILES string of the molecule is C=C(C)/C=C\C(=C/C)S(=O)(=O)N1CCc2ccccc2C(=O)C1. The summed E-state index contributed by atoms with van der Waals surface area (Å²) in [5, 5.41) is 0. The summed E-state index contributed by atoms with van der Waals surface area (Å²) in [6, 6.07) is 7.29. The van der Waals surface area contributed by atoms with Crippen molar-refractivity contribution in [2.24, 2.45) is 0 Å². The van der Waals surface area contributed by atoms with E-state index in [-0.39, 0.29) is 17.2 Å². The second kappa shape index (κ2) is 7.06. The molecule has 0 N–H and O–H groups in total. The third-order valence-electron chi connectivity index (χ3n) is 3.72. The van der Waals surface area contributed by atoms with Gasteiger partial charge in [-0.25, -0.2) is 8.42 Å². The van der Waals surface area contributed by atoms with Gasteiger partial charge in [0.15, 0.2) is 5.78 Å². The highest BCUT2D eigenvalue weighted by Gasteiger charge is 2.30. The molecule has 0 unspecified atom stereocenters. The minimum atomic E-state index is -3.70. The molecular weight excluding hydrogens is 310 g/mol. The molecule has 0 bridgehead atoms. The Labute approximate surface area is 137 Å². The summed E-state index contributed by atoms with van der Waals surface area (Å²) in [5.41, 5.74) is 2.28. The van der Waals surface area contributed by atoms with Gasteiger partial charge in [0.1, 0.15) is 0 Å². The average Bonchev–Trinajstić information content (AvgIpc) is 2.67. The van der Waals surface area contributed by atoms with E-state index in [1.54, 1.807) is 32.1 Å². The number of benzene rings is 1. The third-order valence-corrected chi connectivity index (χ3v) is 5.68. The number of Topliss-reactive ketones (excluding diaryl/α,β-unsaturated/α-hetero) is 1. The average molecular weight is 331 g/mol. The van der Waals surface area contributed by atoms with E-state index in [1.807, 2.05) is 12.1 Å². The van der Waals surface area contributed by atoms with E-state index in [9.17, 15) is 13.2 Å². The summed E-state index contributed by atoms with van der Waals surface area (Å²) >= 11 is 0. The van der Waals surface area contributed by atoms with E-state index in [1.165, 1.54) is 16.5 Å². The number of sulfonamides is 1. The van der Waals surface area contributed by atoms with Crippen LogP contribution in [0.25, 0.3) is 0 Å². The Morgan fingerprint density at radius 3 is 2.61 bits per heavy atom. The van der Waals surface area contributed by atoms with Crippen LogP contribution in [0.5, 0.6) is 0 Å². The fourth-order valence-electron chi connectivity index (χ4n) is 2.49. The number of fused-ring (bicyclic) bond motifs is 1. The first-order chi connectivity index (χ1) is 10.9. The summed E-state index contributed by atoms with van der Waals surface area (Å²) in [4.78, 5) is 12.6. The lowest BCUT2D eigenvalue weighted by molar-refractivity contribution is 0.0972. The van der Waals surface area contributed by atoms with Gasteiger partial charge < -0.3 is 0 Å². The van der Waals surface area contributed by atoms with Crippen LogP contribution in [0.15, 0.2) is 59.6 Å². The number of ketones is 1. The molecule has 0 saturated heterocycles. The van der Waals surface area contributed by atoms with Gasteiger partial charge in [-0.3, -0.25) is 4.79 Å². The van der Waals surface area contributed by atoms with Crippen molar-refractivity contribution in [1.29, 1.82) is 0 Å². The zero-order valence-corrected chi connectivity index (χ0v) is 14.3. The predicted octanol–water partition coefficient (Wildman–Crippen LogP) is 3.09. The van der Waals surface area contributed by atoms with E-state index in [4.69, 9.17) is 0 Å². The number of nitrogens with zero attached hydrogens (tertiary/aromatic N) is 1. The molecule has 1 aromatic carbocycles. The second-order valence-corrected chi connectivity index (χ2v) is 7.48. The van der Waals surface area contributed by atoms with Crippen LogP contribution >= 0.6 is 0 Å². The Kier molecular flexibility index (Phi) is 5.34. The monoisotopic (exact) mass is 331 g/mol. The Morgan fingerprint density at radius 2 is 1.96 bits per heavy atom. The van der Waals surface area contributed by atoms with Crippen LogP contribution in [0.1, 0.15) is 29.8 Å². The van der Waals surface area contributed by atoms with Gasteiger partial charge in [0.25, 0.3) is 0 Å². The Balaban J connectivity index is 2.32. The molecule has 122 valence electrons. The zero-order valence-electron chi connectivity index (χ0n) is 13.5. The Morgan fingerprint density at radius 1 is 1.26 bits per heavy atom. The van der Waals surface area contributed by atoms with Crippen molar-refractivity contribution in [3.05, 3.63) is 70.7 Å². The standard InChI is InChI=1S/C18H21NO3S/c1-4-16(10-9-14(2)3)23(21,22)19-12-11-15-7-5-6-8-17(15)18(20)13-19/h4-10H,2,11-13H2,1,3H3/b10-9-,16-4+. The number of hydrogen-bond donors (Lipinski definition) is 0. The summed E-state index contributed by atoms with van der Waals surface area (Å²) in [7, 11) is -3.70. The van der Waals surface area contributed by atoms with Crippen LogP contribution in [0.2, 0.25) is 0 Å². The van der Waals surface area contributed by atoms with Gasteiger partial charge in [0.2, 0.25) is 10.0 Å². The van der Waals surface area contributed by atoms with Gasteiger partial charge >= 0.3 is 0 Å². The van der Waals surface area contributed by atoms with Crippen LogP contribution in [0.4, 0.5) is 0 Å². The van der Waals surface area contributed by atoms with E-state index >= 15 is 0 Å². The van der Waals surface area contributed by atoms with Crippen molar-refractivity contribution >= 4 is 15.8 Å². The zero-order chi connectivity index (χ0) is 17.0. The molecule has 0 radical (unpaired) electrons. The first-order valence-electron chi connectivity index (χ1n) is 7.47. The molecule has 1 heterocycles. The molecule has 0 atom stereocenters. The molecule has 1 aliphatic heterocycles. The molecule has 1 aromatic rings. The molecule has 1 aliphatic rings. The van der Waals surface area contributed by atoms with E-state index in [2.05, 4.69) is 6.58 Å². The molecule has 23 heavy (non-hydrogen) atoms. The highest BCUT2D eigenvalue weighted by molar-refractivity contribution is 7.93. The van der Waals surface area contributed by atoms with Crippen molar-refractivity contribution in [2.45, 2.75) is 20.3 Å². The first kappa shape index (κ1) is 17.4. The van der Waals surface area contributed by atoms with Gasteiger partial charge in [-0.2, -0.15) is 4.31 Å². The van der Waals surface area contributed by atoms with Crippen molar-refractivity contribution in [2.75, 3.05) is 13.1 Å². The molecule has 5 heteroatoms. The van der Waals surface area contributed by atoms with E-state index in [0.717, 1.165) is 11.1 Å². The number of carbonyl (C=O) groups excluding carboxylic acids is 1. The lowest BCUT2D eigenvalue weighted by Crippen LogP contribution is -2.35. The first-order valence-corrected chi connectivity index (χ1v) is 8.91. The highest BCUT2D eigenvalue weighted by Crippen LogP contribution is 2.21. The smallest absolute Gasteiger partial charge is 0.243 e. The molecule has 0 aromatic heterocycles. The topological polar surface area (TPSA) is 54.5 Å². The maximum atomic E-state index is 12.8. The van der Waals surface area contributed by atoms with E-state index < -0.39 is 10.0 Å². The minimum absolute atomic E-state index is 0.127. The fourth-order valence-corrected chi connectivity index (χ4v) is 3.94. The number of carbonyl (C=O) groups is 1. The lowest BCUT2D eigenvalue weighted by atomic mass is 10.0. The summed E-state index contributed by atoms with van der Waals surface area (Å²) in [6.45, 7) is 7.37. The van der Waals surface area contributed by atoms with Gasteiger partial charge in [-0.05, 0) is 31.9 Å². The maximum Gasteiger partial charge on any atom is 0.243 e. The predicted molar refractivity (Wildman–Crippen MR) is 92.7 cm³/mol. The van der Waals surface area contributed by atoms with Crippen molar-refractivity contribution in [3.8, 4) is 0 Å². The Bertz CT molecular complexity index is 788. The quantitative estimate of drug-likeness (QED) is 0.797. The van der Waals surface area contributed by atoms with Gasteiger partial charge in [-0.15, -0.1) is 0 Å². The van der Waals surface area contributed by atoms with Crippen molar-refractivity contribution in [3.63, 3.8) is 0 Å². The minimum Gasteiger partial charge on any atom is -0.293 e. The van der Waals surface area contributed by atoms with Crippen LogP contribution < -0.4 is 0 Å². The van der Waals surface area contributed by atoms with Gasteiger partial charge in [0.05, 0.1) is 11.4 Å². The molecule has 0 saturated carbocycles. The molecule has 2 rings (SSSR count). The van der Waals surface area contributed by atoms with Crippen LogP contribution in [-0.2, 0) is 16.4 Å². The van der Waals surface area contributed by atoms with Crippen LogP contribution in [0.3, 0.4) is 0 Å². The summed E-state index contributed by atoms with van der Waals surface area (Å²) in [5.74, 6) is -0.166. The number of rotatable bonds is 4. The molecule has 4 nitrogen and oxygen atoms in total. The Hall–Kier alpha value is -1.98. The van der Waals surface area contributed by atoms with Crippen LogP contribution in [-0.4, -0.2) is 31.6 Å². The molecule has 0 fully saturated rings.